The van der Waals surface area contributed by atoms with E-state index in [0.29, 0.717) is 13.0 Å². The van der Waals surface area contributed by atoms with Gasteiger partial charge in [-0.05, 0) is 12.5 Å². The molecule has 12 heavy (non-hydrogen) atoms. The van der Waals surface area contributed by atoms with Gasteiger partial charge >= 0.3 is 0 Å². The molecule has 0 radical (unpaired) electrons. The molecule has 0 aromatic rings. The molecular weight excluding hydrogens is 176 g/mol. The van der Waals surface area contributed by atoms with Gasteiger partial charge in [-0.3, -0.25) is 4.79 Å². The molecule has 2 aliphatic rings. The van der Waals surface area contributed by atoms with E-state index in [1.54, 1.807) is 16.7 Å². The number of hydrogen-bond donors (Lipinski definition) is 0. The number of nitrogens with zero attached hydrogens (tertiary/aromatic N) is 4. The monoisotopic (exact) mass is 184 g/mol. The molecule has 2 saturated heterocycles. The Kier molecular flexibility index (Phi) is 1.49. The molecule has 0 aromatic heterocycles. The normalized spacial score (nSPS) is 38.6. The summed E-state index contributed by atoms with van der Waals surface area (Å²) >= 11 is 1.58. The lowest BCUT2D eigenvalue weighted by Crippen LogP contribution is -2.47. The summed E-state index contributed by atoms with van der Waals surface area (Å²) in [5.74, 6) is 0.171. The molecule has 2 rings (SSSR count). The first-order valence-corrected chi connectivity index (χ1v) is 4.56. The van der Waals surface area contributed by atoms with Gasteiger partial charge in [0.05, 0.1) is 11.8 Å². The largest absolute Gasteiger partial charge is 0.329 e. The molecule has 0 aliphatic carbocycles. The molecule has 0 N–H and O–H groups in total. The third-order valence-electron chi connectivity index (χ3n) is 2.13. The van der Waals surface area contributed by atoms with E-state index in [9.17, 15) is 4.79 Å². The van der Waals surface area contributed by atoms with Crippen molar-refractivity contribution in [1.29, 1.82) is 0 Å². The van der Waals surface area contributed by atoms with Crippen LogP contribution >= 0.6 is 11.8 Å². The summed E-state index contributed by atoms with van der Waals surface area (Å²) in [7, 11) is 0. The second-order valence-electron chi connectivity index (χ2n) is 3.16. The maximum Gasteiger partial charge on any atom is 0.226 e. The zero-order chi connectivity index (χ0) is 8.77. The lowest BCUT2D eigenvalue weighted by Gasteiger charge is -2.32. The highest BCUT2D eigenvalue weighted by molar-refractivity contribution is 8.01. The number of rotatable bonds is 1. The van der Waals surface area contributed by atoms with Crippen LogP contribution in [0.4, 0.5) is 0 Å². The molecule has 64 valence electrons. The average Bonchev–Trinajstić information content (AvgIpc) is 2.25. The van der Waals surface area contributed by atoms with Crippen LogP contribution in [0.15, 0.2) is 5.11 Å². The van der Waals surface area contributed by atoms with Crippen molar-refractivity contribution in [2.24, 2.45) is 5.11 Å². The minimum atomic E-state index is -0.439. The average molecular weight is 184 g/mol. The van der Waals surface area contributed by atoms with Gasteiger partial charge in [-0.1, -0.05) is 5.11 Å². The van der Waals surface area contributed by atoms with Gasteiger partial charge in [0.1, 0.15) is 4.87 Å². The first-order chi connectivity index (χ1) is 5.64. The molecular formula is C6H8N4OS. The second-order valence-corrected chi connectivity index (χ2v) is 4.82. The number of thioether (sulfide) groups is 1. The molecule has 2 atom stereocenters. The summed E-state index contributed by atoms with van der Waals surface area (Å²) in [6, 6.07) is 0. The number of amides is 1. The molecule has 1 amide bonds. The Hall–Kier alpha value is -0.870. The molecule has 2 heterocycles. The van der Waals surface area contributed by atoms with E-state index in [2.05, 4.69) is 10.0 Å². The van der Waals surface area contributed by atoms with Crippen molar-refractivity contribution in [3.8, 4) is 0 Å². The molecule has 0 spiro atoms. The van der Waals surface area contributed by atoms with E-state index >= 15 is 0 Å². The van der Waals surface area contributed by atoms with Crippen molar-refractivity contribution < 1.29 is 4.79 Å². The Morgan fingerprint density at radius 2 is 2.67 bits per heavy atom. The quantitative estimate of drug-likeness (QED) is 0.267. The summed E-state index contributed by atoms with van der Waals surface area (Å²) in [6.07, 6.45) is 0.598. The summed E-state index contributed by atoms with van der Waals surface area (Å²) in [4.78, 5) is 15.1. The van der Waals surface area contributed by atoms with E-state index in [1.165, 1.54) is 0 Å². The summed E-state index contributed by atoms with van der Waals surface area (Å²) in [5, 5.41) is 3.94. The highest BCUT2D eigenvalue weighted by Crippen LogP contribution is 2.47. The van der Waals surface area contributed by atoms with Gasteiger partial charge in [-0.15, -0.1) is 11.8 Å². The van der Waals surface area contributed by atoms with Crippen LogP contribution < -0.4 is 0 Å². The van der Waals surface area contributed by atoms with Crippen LogP contribution in [0.2, 0.25) is 0 Å². The van der Waals surface area contributed by atoms with Gasteiger partial charge in [0, 0.05) is 11.5 Å². The van der Waals surface area contributed by atoms with E-state index in [4.69, 9.17) is 5.53 Å². The highest BCUT2D eigenvalue weighted by Gasteiger charge is 2.50. The number of β-lactam (4-membered cyclic amide) rings is 1. The third-order valence-corrected chi connectivity index (χ3v) is 3.54. The van der Waals surface area contributed by atoms with Crippen LogP contribution in [0.5, 0.6) is 0 Å². The summed E-state index contributed by atoms with van der Waals surface area (Å²) < 4.78 is 0. The van der Waals surface area contributed by atoms with E-state index < -0.39 is 4.87 Å². The molecule has 6 heteroatoms. The lowest BCUT2D eigenvalue weighted by atomic mass is 10.2. The second kappa shape index (κ2) is 2.31. The smallest absolute Gasteiger partial charge is 0.226 e. The number of fused-ring (bicyclic) bond motifs is 1. The van der Waals surface area contributed by atoms with Crippen molar-refractivity contribution in [2.75, 3.05) is 6.54 Å². The molecule has 2 aliphatic heterocycles. The molecule has 0 bridgehead atoms. The maximum absolute atomic E-state index is 11.0. The Balaban J connectivity index is 2.15. The van der Waals surface area contributed by atoms with E-state index in [0.717, 1.165) is 0 Å². The zero-order valence-corrected chi connectivity index (χ0v) is 7.41. The summed E-state index contributed by atoms with van der Waals surface area (Å²) in [6.45, 7) is 2.42. The highest BCUT2D eigenvalue weighted by atomic mass is 32.2. The first kappa shape index (κ1) is 7.76. The third kappa shape index (κ3) is 0.956. The fourth-order valence-electron chi connectivity index (χ4n) is 1.52. The predicted molar refractivity (Wildman–Crippen MR) is 45.3 cm³/mol. The van der Waals surface area contributed by atoms with Crippen LogP contribution in [0.25, 0.3) is 10.4 Å². The van der Waals surface area contributed by atoms with Gasteiger partial charge in [-0.2, -0.15) is 0 Å². The lowest BCUT2D eigenvalue weighted by molar-refractivity contribution is -0.140. The molecule has 1 unspecified atom stereocenters. The van der Waals surface area contributed by atoms with Crippen molar-refractivity contribution in [3.63, 3.8) is 0 Å². The fourth-order valence-corrected chi connectivity index (χ4v) is 2.95. The standard InChI is InChI=1S/C6H8N4OS/c1-6(8-9-7)3-10-4(11)2-5(10)12-6/h5H,2-3H2,1H3/t5-,6?/m1/s1. The van der Waals surface area contributed by atoms with Crippen LogP contribution in [0.3, 0.4) is 0 Å². The number of carbonyl (C=O) groups is 1. The van der Waals surface area contributed by atoms with Crippen LogP contribution in [0.1, 0.15) is 13.3 Å². The van der Waals surface area contributed by atoms with Gasteiger partial charge in [-0.25, -0.2) is 0 Å². The van der Waals surface area contributed by atoms with Crippen LogP contribution in [-0.2, 0) is 4.79 Å². The van der Waals surface area contributed by atoms with Gasteiger partial charge in [0.2, 0.25) is 5.91 Å². The van der Waals surface area contributed by atoms with E-state index in [1.807, 2.05) is 6.92 Å². The number of azide groups is 1. The fraction of sp³-hybridized carbons (Fsp3) is 0.833. The minimum absolute atomic E-state index is 0.171. The van der Waals surface area contributed by atoms with Gasteiger partial charge in [0.15, 0.2) is 0 Å². The Morgan fingerprint density at radius 1 is 1.92 bits per heavy atom. The number of carbonyl (C=O) groups excluding carboxylic acids is 1. The molecule has 0 aromatic carbocycles. The van der Waals surface area contributed by atoms with Crippen molar-refractivity contribution >= 4 is 17.7 Å². The zero-order valence-electron chi connectivity index (χ0n) is 6.60. The molecule has 5 nitrogen and oxygen atoms in total. The van der Waals surface area contributed by atoms with Crippen molar-refractivity contribution in [1.82, 2.24) is 4.90 Å². The SMILES string of the molecule is CC1(N=[N+]=[N-])CN2C(=O)C[C@H]2S1. The Bertz CT molecular complexity index is 287. The first-order valence-electron chi connectivity index (χ1n) is 3.68. The topological polar surface area (TPSA) is 69.1 Å². The maximum atomic E-state index is 11.0. The Morgan fingerprint density at radius 3 is 3.17 bits per heavy atom. The van der Waals surface area contributed by atoms with Gasteiger partial charge in [0.25, 0.3) is 0 Å². The predicted octanol–water partition coefficient (Wildman–Crippen LogP) is 1.32. The van der Waals surface area contributed by atoms with Crippen molar-refractivity contribution in [2.45, 2.75) is 23.6 Å². The molecule has 2 fully saturated rings. The van der Waals surface area contributed by atoms with Crippen LogP contribution in [0, 0.1) is 0 Å². The summed E-state index contributed by atoms with van der Waals surface area (Å²) in [5.41, 5.74) is 8.29. The van der Waals surface area contributed by atoms with E-state index in [-0.39, 0.29) is 11.3 Å². The number of hydrogen-bond acceptors (Lipinski definition) is 3. The van der Waals surface area contributed by atoms with Crippen LogP contribution in [-0.4, -0.2) is 27.6 Å². The van der Waals surface area contributed by atoms with Crippen molar-refractivity contribution in [3.05, 3.63) is 10.4 Å². The molecule has 0 saturated carbocycles. The Labute approximate surface area is 73.7 Å². The minimum Gasteiger partial charge on any atom is -0.329 e. The van der Waals surface area contributed by atoms with Gasteiger partial charge < -0.3 is 4.90 Å².